The van der Waals surface area contributed by atoms with E-state index in [1.807, 2.05) is 0 Å². The smallest absolute Gasteiger partial charge is 0.241 e. The van der Waals surface area contributed by atoms with Crippen LogP contribution in [0.3, 0.4) is 0 Å². The lowest BCUT2D eigenvalue weighted by Gasteiger charge is -2.32. The molecule has 1 fully saturated rings. The number of halogens is 3. The molecule has 0 bridgehead atoms. The maximum absolute atomic E-state index is 13.4. The first-order chi connectivity index (χ1) is 10.0. The Morgan fingerprint density at radius 3 is 2.43 bits per heavy atom. The van der Waals surface area contributed by atoms with Gasteiger partial charge in [0.2, 0.25) is 12.3 Å². The standard InChI is InChI=1S/C13H14F3N3O2/c14-9-1-2-10(13(16)12(9)15)17-7-11(21)19-5-3-18(8-20)4-6-19/h1-2,8,17H,3-7H2. The van der Waals surface area contributed by atoms with Gasteiger partial charge in [-0.25, -0.2) is 13.2 Å². The number of nitrogens with zero attached hydrogens (tertiary/aromatic N) is 2. The van der Waals surface area contributed by atoms with Gasteiger partial charge in [-0.2, -0.15) is 0 Å². The minimum Gasteiger partial charge on any atom is -0.374 e. The Balaban J connectivity index is 1.90. The van der Waals surface area contributed by atoms with Crippen LogP contribution >= 0.6 is 0 Å². The van der Waals surface area contributed by atoms with Gasteiger partial charge in [0.05, 0.1) is 12.2 Å². The largest absolute Gasteiger partial charge is 0.374 e. The molecule has 5 nitrogen and oxygen atoms in total. The molecule has 0 spiro atoms. The number of nitrogens with one attached hydrogen (secondary N) is 1. The van der Waals surface area contributed by atoms with E-state index in [4.69, 9.17) is 0 Å². The minimum atomic E-state index is -1.58. The predicted octanol–water partition coefficient (Wildman–Crippen LogP) is 0.816. The van der Waals surface area contributed by atoms with Crippen molar-refractivity contribution in [2.24, 2.45) is 0 Å². The van der Waals surface area contributed by atoms with E-state index >= 15 is 0 Å². The van der Waals surface area contributed by atoms with Gasteiger partial charge in [0.15, 0.2) is 17.5 Å². The molecular weight excluding hydrogens is 287 g/mol. The molecule has 1 heterocycles. The molecular formula is C13H14F3N3O2. The monoisotopic (exact) mass is 301 g/mol. The van der Waals surface area contributed by atoms with E-state index in [-0.39, 0.29) is 18.1 Å². The van der Waals surface area contributed by atoms with Crippen molar-refractivity contribution in [3.05, 3.63) is 29.6 Å². The maximum atomic E-state index is 13.4. The van der Waals surface area contributed by atoms with Gasteiger partial charge in [0.1, 0.15) is 0 Å². The summed E-state index contributed by atoms with van der Waals surface area (Å²) in [7, 11) is 0. The van der Waals surface area contributed by atoms with Crippen molar-refractivity contribution in [3.8, 4) is 0 Å². The Morgan fingerprint density at radius 1 is 1.14 bits per heavy atom. The van der Waals surface area contributed by atoms with Gasteiger partial charge in [-0.3, -0.25) is 9.59 Å². The number of anilines is 1. The third-order valence-electron chi connectivity index (χ3n) is 3.28. The molecule has 0 saturated carbocycles. The van der Waals surface area contributed by atoms with Crippen LogP contribution in [-0.4, -0.2) is 54.8 Å². The molecule has 1 saturated heterocycles. The van der Waals surface area contributed by atoms with E-state index < -0.39 is 17.5 Å². The second-order valence-electron chi connectivity index (χ2n) is 4.60. The highest BCUT2D eigenvalue weighted by atomic mass is 19.2. The quantitative estimate of drug-likeness (QED) is 0.661. The van der Waals surface area contributed by atoms with E-state index in [2.05, 4.69) is 5.32 Å². The van der Waals surface area contributed by atoms with E-state index in [9.17, 15) is 22.8 Å². The zero-order valence-corrected chi connectivity index (χ0v) is 11.1. The van der Waals surface area contributed by atoms with Crippen molar-refractivity contribution >= 4 is 18.0 Å². The lowest BCUT2D eigenvalue weighted by molar-refractivity contribution is -0.133. The summed E-state index contributed by atoms with van der Waals surface area (Å²) in [6, 6.07) is 1.82. The lowest BCUT2D eigenvalue weighted by atomic mass is 10.2. The highest BCUT2D eigenvalue weighted by molar-refractivity contribution is 5.81. The van der Waals surface area contributed by atoms with Gasteiger partial charge in [-0.05, 0) is 12.1 Å². The lowest BCUT2D eigenvalue weighted by Crippen LogP contribution is -2.49. The van der Waals surface area contributed by atoms with Gasteiger partial charge < -0.3 is 15.1 Å². The number of hydrogen-bond donors (Lipinski definition) is 1. The van der Waals surface area contributed by atoms with Gasteiger partial charge in [0, 0.05) is 26.2 Å². The normalized spacial score (nSPS) is 15.0. The predicted molar refractivity (Wildman–Crippen MR) is 69.0 cm³/mol. The van der Waals surface area contributed by atoms with Crippen molar-refractivity contribution in [1.29, 1.82) is 0 Å². The van der Waals surface area contributed by atoms with E-state index in [0.29, 0.717) is 26.2 Å². The molecule has 0 aromatic heterocycles. The fourth-order valence-corrected chi connectivity index (χ4v) is 2.02. The van der Waals surface area contributed by atoms with Crippen LogP contribution in [0, 0.1) is 17.5 Å². The number of rotatable bonds is 4. The molecule has 1 aromatic rings. The van der Waals surface area contributed by atoms with Crippen molar-refractivity contribution < 1.29 is 22.8 Å². The average molecular weight is 301 g/mol. The number of amides is 2. The molecule has 0 atom stereocenters. The van der Waals surface area contributed by atoms with Gasteiger partial charge in [0.25, 0.3) is 0 Å². The van der Waals surface area contributed by atoms with Crippen molar-refractivity contribution in [2.45, 2.75) is 0 Å². The summed E-state index contributed by atoms with van der Waals surface area (Å²) in [6.07, 6.45) is 0.719. The van der Waals surface area contributed by atoms with Crippen LogP contribution in [0.4, 0.5) is 18.9 Å². The second-order valence-corrected chi connectivity index (χ2v) is 4.60. The van der Waals surface area contributed by atoms with Gasteiger partial charge in [-0.15, -0.1) is 0 Å². The zero-order chi connectivity index (χ0) is 15.4. The number of hydrogen-bond acceptors (Lipinski definition) is 3. The maximum Gasteiger partial charge on any atom is 0.241 e. The fraction of sp³-hybridized carbons (Fsp3) is 0.385. The highest BCUT2D eigenvalue weighted by Crippen LogP contribution is 2.19. The Bertz CT molecular complexity index is 546. The van der Waals surface area contributed by atoms with Crippen LogP contribution in [-0.2, 0) is 9.59 Å². The van der Waals surface area contributed by atoms with Gasteiger partial charge >= 0.3 is 0 Å². The summed E-state index contributed by atoms with van der Waals surface area (Å²) in [6.45, 7) is 1.42. The van der Waals surface area contributed by atoms with Crippen LogP contribution in [0.5, 0.6) is 0 Å². The molecule has 21 heavy (non-hydrogen) atoms. The number of benzene rings is 1. The summed E-state index contributed by atoms with van der Waals surface area (Å²) in [5.41, 5.74) is -0.270. The molecule has 1 N–H and O–H groups in total. The molecule has 0 radical (unpaired) electrons. The Labute approximate surface area is 119 Å². The van der Waals surface area contributed by atoms with Crippen LogP contribution in [0.2, 0.25) is 0 Å². The molecule has 1 aromatic carbocycles. The Morgan fingerprint density at radius 2 is 1.81 bits per heavy atom. The first-order valence-corrected chi connectivity index (χ1v) is 6.37. The molecule has 2 amide bonds. The zero-order valence-electron chi connectivity index (χ0n) is 11.1. The summed E-state index contributed by atoms with van der Waals surface area (Å²) in [4.78, 5) is 25.5. The average Bonchev–Trinajstić information content (AvgIpc) is 2.52. The third kappa shape index (κ3) is 3.45. The van der Waals surface area contributed by atoms with Crippen molar-refractivity contribution in [1.82, 2.24) is 9.80 Å². The molecule has 8 heteroatoms. The molecule has 1 aliphatic heterocycles. The first-order valence-electron chi connectivity index (χ1n) is 6.37. The number of carbonyl (C=O) groups is 2. The Kier molecular flexibility index (Phi) is 4.66. The number of piperazine rings is 1. The Hall–Kier alpha value is -2.25. The minimum absolute atomic E-state index is 0.233. The summed E-state index contributed by atoms with van der Waals surface area (Å²) in [5, 5.41) is 2.45. The second kappa shape index (κ2) is 6.47. The van der Waals surface area contributed by atoms with Crippen LogP contribution < -0.4 is 5.32 Å². The third-order valence-corrected chi connectivity index (χ3v) is 3.28. The molecule has 0 unspecified atom stereocenters. The van der Waals surface area contributed by atoms with E-state index in [0.717, 1.165) is 18.5 Å². The summed E-state index contributed by atoms with van der Waals surface area (Å²) in [5.74, 6) is -4.51. The molecule has 1 aliphatic rings. The molecule has 0 aliphatic carbocycles. The van der Waals surface area contributed by atoms with Crippen molar-refractivity contribution in [3.63, 3.8) is 0 Å². The number of carbonyl (C=O) groups excluding carboxylic acids is 2. The first kappa shape index (κ1) is 15.1. The van der Waals surface area contributed by atoms with Crippen molar-refractivity contribution in [2.75, 3.05) is 38.0 Å². The molecule has 114 valence electrons. The fourth-order valence-electron chi connectivity index (χ4n) is 2.02. The SMILES string of the molecule is O=CN1CCN(C(=O)CNc2ccc(F)c(F)c2F)CC1. The van der Waals surface area contributed by atoms with Crippen LogP contribution in [0.15, 0.2) is 12.1 Å². The van der Waals surface area contributed by atoms with E-state index in [1.54, 1.807) is 4.90 Å². The summed E-state index contributed by atoms with van der Waals surface area (Å²) >= 11 is 0. The van der Waals surface area contributed by atoms with Crippen LogP contribution in [0.1, 0.15) is 0 Å². The highest BCUT2D eigenvalue weighted by Gasteiger charge is 2.20. The summed E-state index contributed by atoms with van der Waals surface area (Å²) < 4.78 is 39.2. The van der Waals surface area contributed by atoms with Gasteiger partial charge in [-0.1, -0.05) is 0 Å². The molecule has 2 rings (SSSR count). The van der Waals surface area contributed by atoms with E-state index in [1.165, 1.54) is 4.90 Å². The van der Waals surface area contributed by atoms with Crippen LogP contribution in [0.25, 0.3) is 0 Å². The topological polar surface area (TPSA) is 52.7 Å².